The highest BCUT2D eigenvalue weighted by molar-refractivity contribution is 6.61. The fourth-order valence-electron chi connectivity index (χ4n) is 4.49. The third-order valence-electron chi connectivity index (χ3n) is 6.68. The molecule has 2 amide bonds. The van der Waals surface area contributed by atoms with E-state index in [0.29, 0.717) is 51.1 Å². The molecule has 0 aliphatic carbocycles. The van der Waals surface area contributed by atoms with E-state index in [4.69, 9.17) is 21.9 Å². The highest BCUT2D eigenvalue weighted by Crippen LogP contribution is 2.14. The van der Waals surface area contributed by atoms with Gasteiger partial charge < -0.3 is 37.1 Å². The Hall–Kier alpha value is -3.09. The molecule has 0 fully saturated rings. The van der Waals surface area contributed by atoms with E-state index in [1.807, 2.05) is 42.5 Å². The molecule has 0 bridgehead atoms. The number of nitrogens with zero attached hydrogens (tertiary/aromatic N) is 1. The quantitative estimate of drug-likeness (QED) is 0.185. The van der Waals surface area contributed by atoms with E-state index in [1.54, 1.807) is 11.0 Å². The maximum atomic E-state index is 13.3. The molecule has 1 heterocycles. The molecule has 0 aromatic heterocycles. The van der Waals surface area contributed by atoms with Crippen LogP contribution in [0.1, 0.15) is 36.0 Å². The molecule has 0 spiro atoms. The molecule has 0 unspecified atom stereocenters. The van der Waals surface area contributed by atoms with Gasteiger partial charge in [-0.2, -0.15) is 0 Å². The molecule has 0 radical (unpaired) electrons. The van der Waals surface area contributed by atoms with Gasteiger partial charge in [-0.3, -0.25) is 14.4 Å². The van der Waals surface area contributed by atoms with Crippen molar-refractivity contribution in [3.63, 3.8) is 0 Å². The number of ketones is 1. The zero-order valence-electron chi connectivity index (χ0n) is 21.7. The minimum atomic E-state index is -1.00. The summed E-state index contributed by atoms with van der Waals surface area (Å²) in [4.78, 5) is 40.3. The lowest BCUT2D eigenvalue weighted by atomic mass is 9.78. The average Bonchev–Trinajstić information content (AvgIpc) is 3.29. The van der Waals surface area contributed by atoms with E-state index in [2.05, 4.69) is 5.32 Å². The molecule has 1 aliphatic rings. The Kier molecular flexibility index (Phi) is 11.4. The standard InChI is InChI=1S/C27H38BN5O5/c29-12-14-33(15-13-30)26(35)11-9-23(31)27(36)32-24(10-7-19-4-2-1-3-5-19)25(34)17-20-6-8-21-18-38-28(37)22(21)16-20/h1-6,8,16,23-24,37H,7,9-15,17-18,29-31H2,(H,32,36)/t23-,24+/m0/s1. The van der Waals surface area contributed by atoms with Crippen molar-refractivity contribution in [3.05, 3.63) is 65.2 Å². The number of hydrogen-bond acceptors (Lipinski definition) is 8. The molecule has 3 rings (SSSR count). The lowest BCUT2D eigenvalue weighted by molar-refractivity contribution is -0.132. The van der Waals surface area contributed by atoms with Crippen LogP contribution in [-0.2, 0) is 38.5 Å². The number of benzene rings is 2. The van der Waals surface area contributed by atoms with E-state index < -0.39 is 25.1 Å². The number of amides is 2. The molecule has 11 heteroatoms. The Morgan fingerprint density at radius 3 is 2.42 bits per heavy atom. The number of nitrogens with two attached hydrogens (primary N) is 3. The van der Waals surface area contributed by atoms with Crippen LogP contribution in [-0.4, -0.2) is 72.9 Å². The number of nitrogens with one attached hydrogen (secondary N) is 1. The van der Waals surface area contributed by atoms with Crippen molar-refractivity contribution in [3.8, 4) is 0 Å². The second kappa shape index (κ2) is 14.7. The summed E-state index contributed by atoms with van der Waals surface area (Å²) in [5.74, 6) is -0.808. The average molecular weight is 523 g/mol. The number of carbonyl (C=O) groups is 3. The normalized spacial score (nSPS) is 14.1. The Morgan fingerprint density at radius 1 is 1.03 bits per heavy atom. The van der Waals surface area contributed by atoms with Gasteiger partial charge >= 0.3 is 7.12 Å². The monoisotopic (exact) mass is 523 g/mol. The fourth-order valence-corrected chi connectivity index (χ4v) is 4.49. The predicted octanol–water partition coefficient (Wildman–Crippen LogP) is -1.01. The lowest BCUT2D eigenvalue weighted by Gasteiger charge is -2.23. The molecule has 0 saturated carbocycles. The van der Waals surface area contributed by atoms with Crippen LogP contribution in [0.4, 0.5) is 0 Å². The van der Waals surface area contributed by atoms with Crippen molar-refractivity contribution in [1.82, 2.24) is 10.2 Å². The third kappa shape index (κ3) is 8.47. The number of rotatable bonds is 15. The van der Waals surface area contributed by atoms with Crippen molar-refractivity contribution in [2.45, 2.75) is 50.8 Å². The van der Waals surface area contributed by atoms with Crippen LogP contribution in [0.3, 0.4) is 0 Å². The zero-order chi connectivity index (χ0) is 27.5. The first kappa shape index (κ1) is 29.5. The van der Waals surface area contributed by atoms with Gasteiger partial charge in [-0.05, 0) is 41.4 Å². The molecule has 2 atom stereocenters. The molecule has 10 nitrogen and oxygen atoms in total. The lowest BCUT2D eigenvalue weighted by Crippen LogP contribution is -2.49. The smallest absolute Gasteiger partial charge is 0.423 e. The van der Waals surface area contributed by atoms with Crippen LogP contribution in [0.25, 0.3) is 0 Å². The highest BCUT2D eigenvalue weighted by Gasteiger charge is 2.29. The van der Waals surface area contributed by atoms with Crippen LogP contribution in [0.5, 0.6) is 0 Å². The maximum absolute atomic E-state index is 13.3. The SMILES string of the molecule is NCCN(CCN)C(=O)CC[C@H](N)C(=O)N[C@H](CCc1ccccc1)C(=O)Cc1ccc2c(c1)B(O)OC2. The molecule has 204 valence electrons. The highest BCUT2D eigenvalue weighted by atomic mass is 16.5. The molecule has 0 saturated heterocycles. The van der Waals surface area contributed by atoms with E-state index in [9.17, 15) is 19.4 Å². The number of Topliss-reactive ketones (excluding diaryl/α,β-unsaturated/α-hetero) is 1. The van der Waals surface area contributed by atoms with Crippen LogP contribution in [0.2, 0.25) is 0 Å². The first-order valence-corrected chi connectivity index (χ1v) is 13.0. The number of aryl methyl sites for hydroxylation is 1. The van der Waals surface area contributed by atoms with Gasteiger partial charge in [-0.1, -0.05) is 48.5 Å². The number of fused-ring (bicyclic) bond motifs is 1. The molecule has 2 aromatic carbocycles. The Morgan fingerprint density at radius 2 is 1.74 bits per heavy atom. The Balaban J connectivity index is 1.63. The van der Waals surface area contributed by atoms with E-state index in [-0.39, 0.29) is 31.0 Å². The third-order valence-corrected chi connectivity index (χ3v) is 6.68. The van der Waals surface area contributed by atoms with Gasteiger partial charge in [0.15, 0.2) is 5.78 Å². The van der Waals surface area contributed by atoms with Crippen molar-refractivity contribution in [2.75, 3.05) is 26.2 Å². The zero-order valence-corrected chi connectivity index (χ0v) is 21.7. The van der Waals surface area contributed by atoms with Gasteiger partial charge in [-0.25, -0.2) is 0 Å². The van der Waals surface area contributed by atoms with E-state index in [0.717, 1.165) is 16.7 Å². The summed E-state index contributed by atoms with van der Waals surface area (Å²) >= 11 is 0. The largest absolute Gasteiger partial charge is 0.491 e. The summed E-state index contributed by atoms with van der Waals surface area (Å²) in [6.07, 6.45) is 1.29. The Labute approximate surface area is 224 Å². The van der Waals surface area contributed by atoms with Gasteiger partial charge in [-0.15, -0.1) is 0 Å². The minimum Gasteiger partial charge on any atom is -0.423 e. The topological polar surface area (TPSA) is 174 Å². The molecule has 8 N–H and O–H groups in total. The van der Waals surface area contributed by atoms with Gasteiger partial charge in [0.05, 0.1) is 18.7 Å². The summed E-state index contributed by atoms with van der Waals surface area (Å²) < 4.78 is 5.24. The van der Waals surface area contributed by atoms with Crippen LogP contribution >= 0.6 is 0 Å². The summed E-state index contributed by atoms with van der Waals surface area (Å²) in [6.45, 7) is 1.75. The first-order valence-electron chi connectivity index (χ1n) is 13.0. The van der Waals surface area contributed by atoms with Gasteiger partial charge in [0, 0.05) is 39.0 Å². The first-order chi connectivity index (χ1) is 18.3. The molecule has 2 aromatic rings. The number of carbonyl (C=O) groups excluding carboxylic acids is 3. The van der Waals surface area contributed by atoms with Crippen molar-refractivity contribution < 1.29 is 24.1 Å². The van der Waals surface area contributed by atoms with Gasteiger partial charge in [0.25, 0.3) is 0 Å². The van der Waals surface area contributed by atoms with Crippen LogP contribution < -0.4 is 28.0 Å². The molecule has 38 heavy (non-hydrogen) atoms. The second-order valence-electron chi connectivity index (χ2n) is 9.53. The maximum Gasteiger partial charge on any atom is 0.491 e. The van der Waals surface area contributed by atoms with E-state index in [1.165, 1.54) is 0 Å². The van der Waals surface area contributed by atoms with Crippen molar-refractivity contribution in [1.29, 1.82) is 0 Å². The summed E-state index contributed by atoms with van der Waals surface area (Å²) in [5.41, 5.74) is 20.6. The van der Waals surface area contributed by atoms with Gasteiger partial charge in [0.2, 0.25) is 11.8 Å². The van der Waals surface area contributed by atoms with Crippen molar-refractivity contribution >= 4 is 30.2 Å². The van der Waals surface area contributed by atoms with E-state index >= 15 is 0 Å². The van der Waals surface area contributed by atoms with Crippen molar-refractivity contribution in [2.24, 2.45) is 17.2 Å². The molecular formula is C27H38BN5O5. The summed E-state index contributed by atoms with van der Waals surface area (Å²) in [5, 5.41) is 12.8. The molecule has 1 aliphatic heterocycles. The fraction of sp³-hybridized carbons (Fsp3) is 0.444. The summed E-state index contributed by atoms with van der Waals surface area (Å²) in [6, 6.07) is 13.4. The summed E-state index contributed by atoms with van der Waals surface area (Å²) in [7, 11) is -1.00. The minimum absolute atomic E-state index is 0.0801. The molecular weight excluding hydrogens is 485 g/mol. The van der Waals surface area contributed by atoms with Crippen LogP contribution in [0.15, 0.2) is 48.5 Å². The Bertz CT molecular complexity index is 1080. The second-order valence-corrected chi connectivity index (χ2v) is 9.53. The van der Waals surface area contributed by atoms with Crippen LogP contribution in [0, 0.1) is 0 Å². The van der Waals surface area contributed by atoms with Gasteiger partial charge in [0.1, 0.15) is 0 Å². The predicted molar refractivity (Wildman–Crippen MR) is 146 cm³/mol. The number of hydrogen-bond donors (Lipinski definition) is 5.